The summed E-state index contributed by atoms with van der Waals surface area (Å²) in [6.07, 6.45) is 8.24. The monoisotopic (exact) mass is 722 g/mol. The van der Waals surface area contributed by atoms with Gasteiger partial charge in [0.05, 0.1) is 0 Å². The minimum atomic E-state index is -0.599. The summed E-state index contributed by atoms with van der Waals surface area (Å²) in [4.78, 5) is 54.1. The maximum absolute atomic E-state index is 13.0. The summed E-state index contributed by atoms with van der Waals surface area (Å²) in [5, 5.41) is 5.97. The fraction of sp³-hybridized carbons (Fsp3) is 0.619. The lowest BCUT2D eigenvalue weighted by Crippen LogP contribution is -2.39. The highest BCUT2D eigenvalue weighted by Crippen LogP contribution is 2.14. The zero-order valence-electron chi connectivity index (χ0n) is 32.8. The first-order valence-electron chi connectivity index (χ1n) is 19.3. The largest absolute Gasteiger partial charge is 0.444 e. The van der Waals surface area contributed by atoms with Gasteiger partial charge in [0.25, 0.3) is 0 Å². The molecule has 10 nitrogen and oxygen atoms in total. The molecule has 0 saturated carbocycles. The lowest BCUT2D eigenvalue weighted by molar-refractivity contribution is -0.122. The minimum Gasteiger partial charge on any atom is -0.444 e. The van der Waals surface area contributed by atoms with Crippen molar-refractivity contribution in [2.75, 3.05) is 39.3 Å². The summed E-state index contributed by atoms with van der Waals surface area (Å²) in [6, 6.07) is 20.3. The Morgan fingerprint density at radius 2 is 0.846 bits per heavy atom. The first kappa shape index (κ1) is 44.1. The number of nitrogens with zero attached hydrogens (tertiary/aromatic N) is 2. The van der Waals surface area contributed by atoms with E-state index in [-0.39, 0.29) is 24.0 Å². The first-order valence-corrected chi connectivity index (χ1v) is 19.3. The standard InChI is InChI=1S/C42H66N4O6/c1-41(2,3)51-39(49)45(33-19-29-43-37(47)27-17-25-35-21-11-9-12-22-35)31-15-7-8-16-32-46(40(50)52-42(4,5)6)34-20-30-44-38(48)28-18-26-36-23-13-10-14-24-36/h9-14,21-24H,7-8,15-20,25-34H2,1-6H3,(H,43,47)(H,44,48). The normalized spacial score (nSPS) is 11.4. The van der Waals surface area contributed by atoms with Gasteiger partial charge in [-0.1, -0.05) is 73.5 Å². The van der Waals surface area contributed by atoms with Crippen LogP contribution < -0.4 is 10.6 Å². The molecule has 0 aliphatic carbocycles. The zero-order valence-corrected chi connectivity index (χ0v) is 32.8. The number of carbonyl (C=O) groups is 4. The molecule has 4 amide bonds. The van der Waals surface area contributed by atoms with E-state index in [9.17, 15) is 19.2 Å². The number of hydrogen-bond donors (Lipinski definition) is 2. The van der Waals surface area contributed by atoms with Crippen LogP contribution in [-0.4, -0.2) is 84.3 Å². The van der Waals surface area contributed by atoms with Crippen molar-refractivity contribution in [2.24, 2.45) is 0 Å². The van der Waals surface area contributed by atoms with E-state index in [4.69, 9.17) is 9.47 Å². The van der Waals surface area contributed by atoms with Crippen molar-refractivity contribution in [1.29, 1.82) is 0 Å². The molecule has 2 aromatic rings. The van der Waals surface area contributed by atoms with Crippen molar-refractivity contribution >= 4 is 24.0 Å². The predicted octanol–water partition coefficient (Wildman–Crippen LogP) is 8.08. The number of nitrogens with one attached hydrogen (secondary N) is 2. The molecule has 0 saturated heterocycles. The Bertz CT molecular complexity index is 1210. The molecule has 0 bridgehead atoms. The van der Waals surface area contributed by atoms with Crippen LogP contribution in [0, 0.1) is 0 Å². The molecule has 0 fully saturated rings. The van der Waals surface area contributed by atoms with Crippen molar-refractivity contribution in [3.63, 3.8) is 0 Å². The lowest BCUT2D eigenvalue weighted by atomic mass is 10.1. The molecule has 0 aliphatic rings. The van der Waals surface area contributed by atoms with Crippen molar-refractivity contribution in [2.45, 2.75) is 130 Å². The summed E-state index contributed by atoms with van der Waals surface area (Å²) in [5.74, 6) is 0.0545. The smallest absolute Gasteiger partial charge is 0.410 e. The van der Waals surface area contributed by atoms with E-state index in [0.717, 1.165) is 51.4 Å². The van der Waals surface area contributed by atoms with Crippen LogP contribution in [0.4, 0.5) is 9.59 Å². The van der Waals surface area contributed by atoms with E-state index >= 15 is 0 Å². The molecule has 2 N–H and O–H groups in total. The van der Waals surface area contributed by atoms with Gasteiger partial charge in [-0.3, -0.25) is 9.59 Å². The second kappa shape index (κ2) is 24.2. The maximum Gasteiger partial charge on any atom is 0.410 e. The van der Waals surface area contributed by atoms with Gasteiger partial charge >= 0.3 is 12.2 Å². The van der Waals surface area contributed by atoms with Crippen LogP contribution in [0.15, 0.2) is 60.7 Å². The van der Waals surface area contributed by atoms with Crippen molar-refractivity contribution in [1.82, 2.24) is 20.4 Å². The van der Waals surface area contributed by atoms with Crippen LogP contribution in [0.1, 0.15) is 117 Å². The number of carbonyl (C=O) groups excluding carboxylic acids is 4. The minimum absolute atomic E-state index is 0.0273. The lowest BCUT2D eigenvalue weighted by Gasteiger charge is -2.28. The zero-order chi connectivity index (χ0) is 38.2. The first-order chi connectivity index (χ1) is 24.7. The van der Waals surface area contributed by atoms with Crippen LogP contribution >= 0.6 is 0 Å². The molecule has 0 aliphatic heterocycles. The van der Waals surface area contributed by atoms with Crippen LogP contribution in [0.25, 0.3) is 0 Å². The third-order valence-electron chi connectivity index (χ3n) is 8.19. The van der Waals surface area contributed by atoms with E-state index in [1.807, 2.05) is 77.9 Å². The molecule has 0 unspecified atom stereocenters. The van der Waals surface area contributed by atoms with Gasteiger partial charge < -0.3 is 29.9 Å². The third-order valence-corrected chi connectivity index (χ3v) is 8.19. The molecular formula is C42H66N4O6. The molecule has 0 spiro atoms. The van der Waals surface area contributed by atoms with Gasteiger partial charge in [0.1, 0.15) is 11.2 Å². The van der Waals surface area contributed by atoms with Gasteiger partial charge in [-0.25, -0.2) is 9.59 Å². The average molecular weight is 723 g/mol. The van der Waals surface area contributed by atoms with Crippen LogP contribution in [0.2, 0.25) is 0 Å². The van der Waals surface area contributed by atoms with E-state index in [0.29, 0.717) is 65.0 Å². The Balaban J connectivity index is 1.72. The Morgan fingerprint density at radius 3 is 1.19 bits per heavy atom. The van der Waals surface area contributed by atoms with E-state index < -0.39 is 11.2 Å². The number of benzene rings is 2. The number of rotatable bonds is 23. The summed E-state index contributed by atoms with van der Waals surface area (Å²) in [5.41, 5.74) is 1.26. The SMILES string of the molecule is CC(C)(C)OC(=O)N(CCCCCCN(CCCNC(=O)CCCc1ccccc1)C(=O)OC(C)(C)C)CCCNC(=O)CCCc1ccccc1. The Morgan fingerprint density at radius 1 is 0.500 bits per heavy atom. The molecule has 0 heterocycles. The maximum atomic E-state index is 13.0. The number of aryl methyl sites for hydroxylation is 2. The number of ether oxygens (including phenoxy) is 2. The molecule has 2 aromatic carbocycles. The van der Waals surface area contributed by atoms with Gasteiger partial charge in [-0.2, -0.15) is 0 Å². The highest BCUT2D eigenvalue weighted by Gasteiger charge is 2.23. The van der Waals surface area contributed by atoms with Crippen LogP contribution in [0.3, 0.4) is 0 Å². The number of amides is 4. The molecule has 0 aromatic heterocycles. The Hall–Kier alpha value is -4.08. The molecule has 2 rings (SSSR count). The Kier molecular flexibility index (Phi) is 20.5. The quantitative estimate of drug-likeness (QED) is 0.112. The average Bonchev–Trinajstić information content (AvgIpc) is 3.07. The van der Waals surface area contributed by atoms with Gasteiger partial charge in [-0.15, -0.1) is 0 Å². The molecule has 10 heteroatoms. The number of hydrogen-bond acceptors (Lipinski definition) is 6. The number of unbranched alkanes of at least 4 members (excludes halogenated alkanes) is 3. The summed E-state index contributed by atoms with van der Waals surface area (Å²) in [6.45, 7) is 14.3. The van der Waals surface area contributed by atoms with Gasteiger partial charge in [0.2, 0.25) is 11.8 Å². The summed E-state index contributed by atoms with van der Waals surface area (Å²) in [7, 11) is 0. The van der Waals surface area contributed by atoms with Crippen LogP contribution in [-0.2, 0) is 31.9 Å². The highest BCUT2D eigenvalue weighted by molar-refractivity contribution is 5.76. The van der Waals surface area contributed by atoms with Gasteiger partial charge in [0.15, 0.2) is 0 Å². The van der Waals surface area contributed by atoms with E-state index in [2.05, 4.69) is 34.9 Å². The van der Waals surface area contributed by atoms with Gasteiger partial charge in [-0.05, 0) is 104 Å². The Labute approximate surface area is 313 Å². The summed E-state index contributed by atoms with van der Waals surface area (Å²) >= 11 is 0. The fourth-order valence-corrected chi connectivity index (χ4v) is 5.57. The van der Waals surface area contributed by atoms with Crippen molar-refractivity contribution in [3.05, 3.63) is 71.8 Å². The van der Waals surface area contributed by atoms with E-state index in [1.54, 1.807) is 9.80 Å². The summed E-state index contributed by atoms with van der Waals surface area (Å²) < 4.78 is 11.3. The van der Waals surface area contributed by atoms with Gasteiger partial charge in [0, 0.05) is 52.1 Å². The topological polar surface area (TPSA) is 117 Å². The molecule has 0 radical (unpaired) electrons. The molecular weight excluding hydrogens is 656 g/mol. The highest BCUT2D eigenvalue weighted by atomic mass is 16.6. The second-order valence-corrected chi connectivity index (χ2v) is 15.4. The predicted molar refractivity (Wildman–Crippen MR) is 208 cm³/mol. The van der Waals surface area contributed by atoms with Crippen molar-refractivity contribution < 1.29 is 28.7 Å². The molecule has 0 atom stereocenters. The second-order valence-electron chi connectivity index (χ2n) is 15.4. The van der Waals surface area contributed by atoms with Crippen molar-refractivity contribution in [3.8, 4) is 0 Å². The van der Waals surface area contributed by atoms with Crippen LogP contribution in [0.5, 0.6) is 0 Å². The molecule has 290 valence electrons. The van der Waals surface area contributed by atoms with E-state index in [1.165, 1.54) is 11.1 Å². The third kappa shape index (κ3) is 22.0. The molecule has 52 heavy (non-hydrogen) atoms. The fourth-order valence-electron chi connectivity index (χ4n) is 5.57.